The molecule has 4 aromatic rings. The maximum Gasteiger partial charge on any atom is 0.265 e. The third-order valence-electron chi connectivity index (χ3n) is 4.77. The van der Waals surface area contributed by atoms with E-state index in [1.165, 1.54) is 11.3 Å². The van der Waals surface area contributed by atoms with Gasteiger partial charge in [0, 0.05) is 17.4 Å². The summed E-state index contributed by atoms with van der Waals surface area (Å²) in [5.41, 5.74) is 3.16. The Labute approximate surface area is 186 Å². The van der Waals surface area contributed by atoms with Crippen LogP contribution in [0.15, 0.2) is 65.7 Å². The van der Waals surface area contributed by atoms with Gasteiger partial charge in [0.15, 0.2) is 0 Å². The molecule has 0 aliphatic carbocycles. The Morgan fingerprint density at radius 1 is 1.10 bits per heavy atom. The van der Waals surface area contributed by atoms with E-state index in [2.05, 4.69) is 14.7 Å². The van der Waals surface area contributed by atoms with Crippen molar-refractivity contribution in [3.05, 3.63) is 66.4 Å². The number of fused-ring (bicyclic) bond motifs is 1. The van der Waals surface area contributed by atoms with Crippen LogP contribution in [0.1, 0.15) is 32.3 Å². The normalized spacial score (nSPS) is 11.7. The minimum Gasteiger partial charge on any atom is -0.492 e. The Morgan fingerprint density at radius 3 is 2.55 bits per heavy atom. The lowest BCUT2D eigenvalue weighted by molar-refractivity contribution is 0.331. The summed E-state index contributed by atoms with van der Waals surface area (Å²) in [4.78, 5) is 9.93. The van der Waals surface area contributed by atoms with E-state index in [1.807, 2.05) is 51.1 Å². The van der Waals surface area contributed by atoms with Gasteiger partial charge < -0.3 is 4.74 Å². The molecule has 0 amide bonds. The van der Waals surface area contributed by atoms with Gasteiger partial charge in [-0.1, -0.05) is 31.3 Å². The highest BCUT2D eigenvalue weighted by Gasteiger charge is 2.21. The predicted molar refractivity (Wildman–Crippen MR) is 125 cm³/mol. The van der Waals surface area contributed by atoms with Crippen LogP contribution in [0.3, 0.4) is 0 Å². The van der Waals surface area contributed by atoms with Crippen molar-refractivity contribution in [2.24, 2.45) is 0 Å². The maximum atomic E-state index is 13.1. The average Bonchev–Trinajstić information content (AvgIpc) is 3.18. The van der Waals surface area contributed by atoms with E-state index in [0.717, 1.165) is 26.5 Å². The van der Waals surface area contributed by atoms with Crippen LogP contribution >= 0.6 is 11.3 Å². The van der Waals surface area contributed by atoms with Crippen LogP contribution in [0, 0.1) is 0 Å². The highest BCUT2D eigenvalue weighted by atomic mass is 32.2. The van der Waals surface area contributed by atoms with E-state index >= 15 is 0 Å². The molecule has 0 atom stereocenters. The number of nitrogens with zero attached hydrogens (tertiary/aromatic N) is 2. The van der Waals surface area contributed by atoms with Crippen molar-refractivity contribution >= 4 is 37.4 Å². The van der Waals surface area contributed by atoms with E-state index in [-0.39, 0.29) is 10.8 Å². The summed E-state index contributed by atoms with van der Waals surface area (Å²) in [5.74, 6) is 0.546. The van der Waals surface area contributed by atoms with E-state index in [0.29, 0.717) is 18.0 Å². The second-order valence-electron chi connectivity index (χ2n) is 7.32. The first-order valence-corrected chi connectivity index (χ1v) is 12.3. The van der Waals surface area contributed by atoms with Crippen LogP contribution in [-0.4, -0.2) is 25.0 Å². The lowest BCUT2D eigenvalue weighted by Gasteiger charge is -2.15. The van der Waals surface area contributed by atoms with Crippen molar-refractivity contribution in [3.63, 3.8) is 0 Å². The van der Waals surface area contributed by atoms with Crippen LogP contribution < -0.4 is 9.46 Å². The van der Waals surface area contributed by atoms with Crippen molar-refractivity contribution in [1.82, 2.24) is 9.97 Å². The Kier molecular flexibility index (Phi) is 5.93. The number of sulfonamides is 1. The van der Waals surface area contributed by atoms with Gasteiger partial charge in [-0.3, -0.25) is 4.72 Å². The van der Waals surface area contributed by atoms with Gasteiger partial charge in [0.1, 0.15) is 26.0 Å². The summed E-state index contributed by atoms with van der Waals surface area (Å²) in [6.45, 7) is 6.26. The van der Waals surface area contributed by atoms with E-state index < -0.39 is 10.0 Å². The number of hydrogen-bond donors (Lipinski definition) is 1. The van der Waals surface area contributed by atoms with E-state index in [1.54, 1.807) is 30.5 Å². The summed E-state index contributed by atoms with van der Waals surface area (Å²) < 4.78 is 34.5. The molecule has 6 nitrogen and oxygen atoms in total. The standard InChI is InChI=1S/C23H23N3O3S2/c1-4-29-20-12-9-17(15(2)3)14-21(20)31(27,28)26-18-10-7-16(8-11-18)22-25-19-6-5-13-24-23(19)30-22/h5-15,26H,4H2,1-3H3. The molecule has 0 aliphatic heterocycles. The lowest BCUT2D eigenvalue weighted by atomic mass is 10.0. The molecule has 0 fully saturated rings. The Bertz CT molecular complexity index is 1280. The zero-order chi connectivity index (χ0) is 22.0. The Morgan fingerprint density at radius 2 is 1.87 bits per heavy atom. The molecule has 8 heteroatoms. The molecule has 1 N–H and O–H groups in total. The molecule has 2 aromatic carbocycles. The lowest BCUT2D eigenvalue weighted by Crippen LogP contribution is -2.15. The number of ether oxygens (including phenoxy) is 1. The SMILES string of the molecule is CCOc1ccc(C(C)C)cc1S(=O)(=O)Nc1ccc(-c2nc3cccnc3s2)cc1. The van der Waals surface area contributed by atoms with Crippen LogP contribution in [0.4, 0.5) is 5.69 Å². The smallest absolute Gasteiger partial charge is 0.265 e. The molecule has 2 aromatic heterocycles. The van der Waals surface area contributed by atoms with Crippen LogP contribution in [-0.2, 0) is 10.0 Å². The number of hydrogen-bond acceptors (Lipinski definition) is 6. The van der Waals surface area contributed by atoms with E-state index in [4.69, 9.17) is 4.74 Å². The van der Waals surface area contributed by atoms with Crippen LogP contribution in [0.2, 0.25) is 0 Å². The second kappa shape index (κ2) is 8.64. The van der Waals surface area contributed by atoms with Crippen molar-refractivity contribution in [1.29, 1.82) is 0 Å². The van der Waals surface area contributed by atoms with Crippen molar-refractivity contribution in [2.75, 3.05) is 11.3 Å². The molecule has 2 heterocycles. The number of anilines is 1. The predicted octanol–water partition coefficient (Wildman–Crippen LogP) is 5.68. The fraction of sp³-hybridized carbons (Fsp3) is 0.217. The molecular weight excluding hydrogens is 430 g/mol. The molecular formula is C23H23N3O3S2. The fourth-order valence-electron chi connectivity index (χ4n) is 3.15. The molecule has 160 valence electrons. The van der Waals surface area contributed by atoms with Gasteiger partial charge in [0.25, 0.3) is 10.0 Å². The number of aromatic nitrogens is 2. The van der Waals surface area contributed by atoms with Gasteiger partial charge in [-0.05, 0) is 66.9 Å². The van der Waals surface area contributed by atoms with Crippen molar-refractivity contribution < 1.29 is 13.2 Å². The average molecular weight is 454 g/mol. The first-order chi connectivity index (χ1) is 14.9. The zero-order valence-corrected chi connectivity index (χ0v) is 19.1. The number of thiazole rings is 1. The number of nitrogens with one attached hydrogen (secondary N) is 1. The van der Waals surface area contributed by atoms with Gasteiger partial charge in [0.2, 0.25) is 0 Å². The second-order valence-corrected chi connectivity index (χ2v) is 9.95. The van der Waals surface area contributed by atoms with Gasteiger partial charge >= 0.3 is 0 Å². The van der Waals surface area contributed by atoms with Gasteiger partial charge in [-0.25, -0.2) is 18.4 Å². The van der Waals surface area contributed by atoms with Crippen LogP contribution in [0.5, 0.6) is 5.75 Å². The van der Waals surface area contributed by atoms with Gasteiger partial charge in [-0.2, -0.15) is 0 Å². The highest BCUT2D eigenvalue weighted by Crippen LogP contribution is 2.32. The van der Waals surface area contributed by atoms with Crippen molar-refractivity contribution in [3.8, 4) is 16.3 Å². The van der Waals surface area contributed by atoms with Gasteiger partial charge in [-0.15, -0.1) is 0 Å². The first-order valence-electron chi connectivity index (χ1n) is 9.99. The Balaban J connectivity index is 1.62. The largest absolute Gasteiger partial charge is 0.492 e. The molecule has 0 radical (unpaired) electrons. The minimum absolute atomic E-state index is 0.141. The molecule has 0 aliphatic rings. The summed E-state index contributed by atoms with van der Waals surface area (Å²) >= 11 is 1.50. The Hall–Kier alpha value is -2.97. The topological polar surface area (TPSA) is 81.2 Å². The third-order valence-corrected chi connectivity index (χ3v) is 7.21. The fourth-order valence-corrected chi connectivity index (χ4v) is 5.31. The monoisotopic (exact) mass is 453 g/mol. The molecule has 0 spiro atoms. The van der Waals surface area contributed by atoms with E-state index in [9.17, 15) is 8.42 Å². The van der Waals surface area contributed by atoms with Crippen molar-refractivity contribution in [2.45, 2.75) is 31.6 Å². The van der Waals surface area contributed by atoms with Gasteiger partial charge in [0.05, 0.1) is 6.61 Å². The number of benzene rings is 2. The number of rotatable bonds is 7. The summed E-state index contributed by atoms with van der Waals surface area (Å²) in [6, 6.07) is 16.3. The zero-order valence-electron chi connectivity index (χ0n) is 17.5. The molecule has 31 heavy (non-hydrogen) atoms. The number of pyridine rings is 1. The first kappa shape index (κ1) is 21.3. The third kappa shape index (κ3) is 4.55. The quantitative estimate of drug-likeness (QED) is 0.389. The molecule has 0 bridgehead atoms. The molecule has 0 unspecified atom stereocenters. The minimum atomic E-state index is -3.82. The molecule has 0 saturated heterocycles. The maximum absolute atomic E-state index is 13.1. The summed E-state index contributed by atoms with van der Waals surface area (Å²) in [5, 5.41) is 0.839. The molecule has 4 rings (SSSR count). The summed E-state index contributed by atoms with van der Waals surface area (Å²) in [7, 11) is -3.82. The molecule has 0 saturated carbocycles. The highest BCUT2D eigenvalue weighted by molar-refractivity contribution is 7.92. The summed E-state index contributed by atoms with van der Waals surface area (Å²) in [6.07, 6.45) is 1.74. The van der Waals surface area contributed by atoms with Crippen LogP contribution in [0.25, 0.3) is 20.9 Å².